The highest BCUT2D eigenvalue weighted by atomic mass is 35.5. The lowest BCUT2D eigenvalue weighted by atomic mass is 10.2. The second kappa shape index (κ2) is 7.55. The molecule has 0 aliphatic heterocycles. The van der Waals surface area contributed by atoms with Crippen molar-refractivity contribution in [1.29, 1.82) is 0 Å². The summed E-state index contributed by atoms with van der Waals surface area (Å²) in [7, 11) is 3.18. The Bertz CT molecular complexity index is 953. The van der Waals surface area contributed by atoms with Crippen molar-refractivity contribution in [2.24, 2.45) is 0 Å². The van der Waals surface area contributed by atoms with Gasteiger partial charge in [-0.1, -0.05) is 22.9 Å². The molecule has 1 aromatic heterocycles. The normalized spacial score (nSPS) is 11.0. The number of hydrogen-bond acceptors (Lipinski definition) is 5. The Morgan fingerprint density at radius 3 is 2.80 bits per heavy atom. The fourth-order valence-corrected chi connectivity index (χ4v) is 3.31. The minimum atomic E-state index is -0.284. The SMILES string of the molecule is COc1ccc2nc(NC(=O)/C=C/c3cc(Cl)ccc3OC)sc2c1. The molecule has 5 nitrogen and oxygen atoms in total. The zero-order valence-corrected chi connectivity index (χ0v) is 15.1. The van der Waals surface area contributed by atoms with Crippen molar-refractivity contribution in [3.63, 3.8) is 0 Å². The molecule has 128 valence electrons. The van der Waals surface area contributed by atoms with Crippen molar-refractivity contribution in [2.75, 3.05) is 19.5 Å². The van der Waals surface area contributed by atoms with Crippen LogP contribution >= 0.6 is 22.9 Å². The van der Waals surface area contributed by atoms with Crippen LogP contribution in [-0.4, -0.2) is 25.1 Å². The highest BCUT2D eigenvalue weighted by molar-refractivity contribution is 7.22. The van der Waals surface area contributed by atoms with Crippen LogP contribution in [0.4, 0.5) is 5.13 Å². The number of ether oxygens (including phenoxy) is 2. The van der Waals surface area contributed by atoms with Gasteiger partial charge >= 0.3 is 0 Å². The predicted molar refractivity (Wildman–Crippen MR) is 102 cm³/mol. The molecule has 0 unspecified atom stereocenters. The van der Waals surface area contributed by atoms with Gasteiger partial charge in [-0.05, 0) is 42.5 Å². The Hall–Kier alpha value is -2.57. The van der Waals surface area contributed by atoms with E-state index in [1.807, 2.05) is 18.2 Å². The molecular weight excluding hydrogens is 360 g/mol. The number of rotatable bonds is 5. The monoisotopic (exact) mass is 374 g/mol. The van der Waals surface area contributed by atoms with Gasteiger partial charge in [0.2, 0.25) is 5.91 Å². The molecule has 0 aliphatic carbocycles. The summed E-state index contributed by atoms with van der Waals surface area (Å²) >= 11 is 7.36. The summed E-state index contributed by atoms with van der Waals surface area (Å²) in [4.78, 5) is 16.5. The molecule has 2 aromatic carbocycles. The highest BCUT2D eigenvalue weighted by Gasteiger charge is 2.07. The van der Waals surface area contributed by atoms with E-state index in [9.17, 15) is 4.79 Å². The number of amides is 1. The van der Waals surface area contributed by atoms with Crippen molar-refractivity contribution in [1.82, 2.24) is 4.98 Å². The maximum Gasteiger partial charge on any atom is 0.250 e. The molecule has 3 aromatic rings. The fourth-order valence-electron chi connectivity index (χ4n) is 2.23. The number of thiazole rings is 1. The zero-order chi connectivity index (χ0) is 17.8. The lowest BCUT2D eigenvalue weighted by molar-refractivity contribution is -0.111. The summed E-state index contributed by atoms with van der Waals surface area (Å²) in [6.07, 6.45) is 3.07. The van der Waals surface area contributed by atoms with Crippen molar-refractivity contribution >= 4 is 50.3 Å². The van der Waals surface area contributed by atoms with Gasteiger partial charge < -0.3 is 9.47 Å². The van der Waals surface area contributed by atoms with Crippen molar-refractivity contribution in [3.8, 4) is 11.5 Å². The van der Waals surface area contributed by atoms with Gasteiger partial charge in [0.1, 0.15) is 11.5 Å². The molecule has 7 heteroatoms. The van der Waals surface area contributed by atoms with E-state index in [1.54, 1.807) is 38.5 Å². The van der Waals surface area contributed by atoms with Crippen LogP contribution in [0.3, 0.4) is 0 Å². The maximum absolute atomic E-state index is 12.1. The Morgan fingerprint density at radius 1 is 1.20 bits per heavy atom. The Morgan fingerprint density at radius 2 is 2.04 bits per heavy atom. The molecule has 0 bridgehead atoms. The van der Waals surface area contributed by atoms with Gasteiger partial charge in [0.15, 0.2) is 5.13 Å². The van der Waals surface area contributed by atoms with Crippen LogP contribution in [0.1, 0.15) is 5.56 Å². The number of aromatic nitrogens is 1. The maximum atomic E-state index is 12.1. The summed E-state index contributed by atoms with van der Waals surface area (Å²) in [5.74, 6) is 1.11. The Labute approximate surface area is 153 Å². The molecule has 0 fully saturated rings. The number of benzene rings is 2. The van der Waals surface area contributed by atoms with Gasteiger partial charge in [-0.15, -0.1) is 0 Å². The third-order valence-electron chi connectivity index (χ3n) is 3.43. The molecule has 3 rings (SSSR count). The summed E-state index contributed by atoms with van der Waals surface area (Å²) in [6.45, 7) is 0. The van der Waals surface area contributed by atoms with E-state index in [1.165, 1.54) is 17.4 Å². The lowest BCUT2D eigenvalue weighted by Crippen LogP contribution is -2.07. The fraction of sp³-hybridized carbons (Fsp3) is 0.111. The summed E-state index contributed by atoms with van der Waals surface area (Å²) < 4.78 is 11.4. The minimum absolute atomic E-state index is 0.284. The van der Waals surface area contributed by atoms with Crippen molar-refractivity contribution in [2.45, 2.75) is 0 Å². The minimum Gasteiger partial charge on any atom is -0.497 e. The number of anilines is 1. The number of halogens is 1. The van der Waals surface area contributed by atoms with Crippen LogP contribution in [0, 0.1) is 0 Å². The standard InChI is InChI=1S/C18H15ClN2O3S/c1-23-13-5-6-14-16(10-13)25-18(20-14)21-17(22)8-3-11-9-12(19)4-7-15(11)24-2/h3-10H,1-2H3,(H,20,21,22)/b8-3+. The highest BCUT2D eigenvalue weighted by Crippen LogP contribution is 2.29. The van der Waals surface area contributed by atoms with E-state index in [0.29, 0.717) is 15.9 Å². The Kier molecular flexibility index (Phi) is 5.21. The Balaban J connectivity index is 1.75. The first-order chi connectivity index (χ1) is 12.1. The van der Waals surface area contributed by atoms with Crippen molar-refractivity contribution < 1.29 is 14.3 Å². The molecule has 1 N–H and O–H groups in total. The van der Waals surface area contributed by atoms with Gasteiger partial charge in [0.05, 0.1) is 24.4 Å². The van der Waals surface area contributed by atoms with Gasteiger partial charge in [0, 0.05) is 16.7 Å². The average molecular weight is 375 g/mol. The van der Waals surface area contributed by atoms with E-state index in [0.717, 1.165) is 21.5 Å². The van der Waals surface area contributed by atoms with E-state index in [-0.39, 0.29) is 5.91 Å². The first kappa shape index (κ1) is 17.3. The van der Waals surface area contributed by atoms with Gasteiger partial charge in [-0.2, -0.15) is 0 Å². The summed E-state index contributed by atoms with van der Waals surface area (Å²) in [5.41, 5.74) is 1.53. The number of nitrogens with one attached hydrogen (secondary N) is 1. The smallest absolute Gasteiger partial charge is 0.250 e. The van der Waals surface area contributed by atoms with E-state index >= 15 is 0 Å². The number of methoxy groups -OCH3 is 2. The second-order valence-electron chi connectivity index (χ2n) is 5.06. The number of nitrogens with zero attached hydrogens (tertiary/aromatic N) is 1. The van der Waals surface area contributed by atoms with Gasteiger partial charge in [-0.3, -0.25) is 10.1 Å². The van der Waals surface area contributed by atoms with Crippen LogP contribution in [0.5, 0.6) is 11.5 Å². The molecular formula is C18H15ClN2O3S. The third kappa shape index (κ3) is 4.10. The number of hydrogen-bond donors (Lipinski definition) is 1. The van der Waals surface area contributed by atoms with Crippen LogP contribution in [0.2, 0.25) is 5.02 Å². The topological polar surface area (TPSA) is 60.5 Å². The van der Waals surface area contributed by atoms with Crippen LogP contribution < -0.4 is 14.8 Å². The molecule has 1 amide bonds. The molecule has 0 aliphatic rings. The lowest BCUT2D eigenvalue weighted by Gasteiger charge is -2.04. The van der Waals surface area contributed by atoms with E-state index < -0.39 is 0 Å². The first-order valence-corrected chi connectivity index (χ1v) is 8.55. The van der Waals surface area contributed by atoms with Crippen LogP contribution in [0.15, 0.2) is 42.5 Å². The molecule has 0 saturated heterocycles. The molecule has 0 atom stereocenters. The summed E-state index contributed by atoms with van der Waals surface area (Å²) in [5, 5.41) is 3.85. The average Bonchev–Trinajstić information content (AvgIpc) is 3.01. The van der Waals surface area contributed by atoms with Crippen LogP contribution in [0.25, 0.3) is 16.3 Å². The third-order valence-corrected chi connectivity index (χ3v) is 4.60. The van der Waals surface area contributed by atoms with E-state index in [2.05, 4.69) is 10.3 Å². The molecule has 0 saturated carbocycles. The van der Waals surface area contributed by atoms with Gasteiger partial charge in [0.25, 0.3) is 0 Å². The molecule has 0 radical (unpaired) electrons. The van der Waals surface area contributed by atoms with E-state index in [4.69, 9.17) is 21.1 Å². The number of fused-ring (bicyclic) bond motifs is 1. The second-order valence-corrected chi connectivity index (χ2v) is 6.53. The number of carbonyl (C=O) groups excluding carboxylic acids is 1. The zero-order valence-electron chi connectivity index (χ0n) is 13.6. The molecule has 1 heterocycles. The quantitative estimate of drug-likeness (QED) is 0.662. The summed E-state index contributed by atoms with van der Waals surface area (Å²) in [6, 6.07) is 10.8. The molecule has 25 heavy (non-hydrogen) atoms. The largest absolute Gasteiger partial charge is 0.497 e. The molecule has 0 spiro atoms. The van der Waals surface area contributed by atoms with Crippen molar-refractivity contribution in [3.05, 3.63) is 53.1 Å². The predicted octanol–water partition coefficient (Wildman–Crippen LogP) is 4.62. The number of carbonyl (C=O) groups is 1. The first-order valence-electron chi connectivity index (χ1n) is 7.36. The van der Waals surface area contributed by atoms with Crippen LogP contribution in [-0.2, 0) is 4.79 Å². The van der Waals surface area contributed by atoms with Gasteiger partial charge in [-0.25, -0.2) is 4.98 Å².